The smallest absolute Gasteiger partial charge is 0.139 e. The third-order valence-electron chi connectivity index (χ3n) is 2.99. The predicted octanol–water partition coefficient (Wildman–Crippen LogP) is 5.47. The van der Waals surface area contributed by atoms with Crippen LogP contribution in [0.4, 0.5) is 10.1 Å². The third kappa shape index (κ3) is 3.48. The van der Waals surface area contributed by atoms with Gasteiger partial charge in [0, 0.05) is 17.3 Å². The molecule has 0 heterocycles. The minimum absolute atomic E-state index is 0.268. The molecular weight excluding hydrogens is 329 g/mol. The normalized spacial score (nSPS) is 10.6. The summed E-state index contributed by atoms with van der Waals surface area (Å²) < 4.78 is 14.0. The molecule has 2 aromatic rings. The van der Waals surface area contributed by atoms with Crippen LogP contribution in [0.3, 0.4) is 0 Å². The first kappa shape index (κ1) is 14.4. The van der Waals surface area contributed by atoms with Gasteiger partial charge in [-0.15, -0.1) is 0 Å². The highest BCUT2D eigenvalue weighted by Gasteiger charge is 2.05. The van der Waals surface area contributed by atoms with E-state index >= 15 is 0 Å². The second kappa shape index (κ2) is 5.93. The number of aryl methyl sites for hydroxylation is 2. The van der Waals surface area contributed by atoms with Crippen molar-refractivity contribution in [3.05, 3.63) is 62.3 Å². The average Bonchev–Trinajstić information content (AvgIpc) is 2.36. The lowest BCUT2D eigenvalue weighted by molar-refractivity contribution is 0.621. The molecule has 0 aliphatic carbocycles. The molecule has 1 nitrogen and oxygen atoms in total. The summed E-state index contributed by atoms with van der Waals surface area (Å²) in [5, 5.41) is 3.97. The molecule has 1 N–H and O–H groups in total. The lowest BCUT2D eigenvalue weighted by Crippen LogP contribution is -2.02. The molecule has 19 heavy (non-hydrogen) atoms. The van der Waals surface area contributed by atoms with E-state index < -0.39 is 0 Å². The van der Waals surface area contributed by atoms with Crippen LogP contribution >= 0.6 is 27.5 Å². The molecule has 0 saturated heterocycles. The molecule has 0 amide bonds. The Morgan fingerprint density at radius 3 is 2.58 bits per heavy atom. The maximum Gasteiger partial charge on any atom is 0.139 e. The average molecular weight is 343 g/mol. The van der Waals surface area contributed by atoms with Crippen molar-refractivity contribution in [3.63, 3.8) is 0 Å². The van der Waals surface area contributed by atoms with Crippen LogP contribution in [-0.2, 0) is 6.54 Å². The maximum absolute atomic E-state index is 13.5. The van der Waals surface area contributed by atoms with E-state index in [2.05, 4.69) is 21.2 Å². The van der Waals surface area contributed by atoms with Gasteiger partial charge in [-0.25, -0.2) is 4.39 Å². The zero-order chi connectivity index (χ0) is 14.0. The summed E-state index contributed by atoms with van der Waals surface area (Å²) in [6.45, 7) is 4.52. The Morgan fingerprint density at radius 1 is 1.16 bits per heavy atom. The van der Waals surface area contributed by atoms with Gasteiger partial charge >= 0.3 is 0 Å². The lowest BCUT2D eigenvalue weighted by Gasteiger charge is -2.11. The van der Waals surface area contributed by atoms with Crippen molar-refractivity contribution < 1.29 is 4.39 Å². The van der Waals surface area contributed by atoms with Crippen LogP contribution in [0.2, 0.25) is 5.02 Å². The highest BCUT2D eigenvalue weighted by molar-refractivity contribution is 9.10. The van der Waals surface area contributed by atoms with Gasteiger partial charge in [0.2, 0.25) is 0 Å². The van der Waals surface area contributed by atoms with Gasteiger partial charge in [0.25, 0.3) is 0 Å². The van der Waals surface area contributed by atoms with Crippen LogP contribution in [0.25, 0.3) is 0 Å². The molecule has 0 fully saturated rings. The van der Waals surface area contributed by atoms with Crippen molar-refractivity contribution in [2.75, 3.05) is 5.32 Å². The molecule has 2 aromatic carbocycles. The SMILES string of the molecule is Cc1ccc(CNc2cc(F)c(Br)cc2C)cc1Cl. The summed E-state index contributed by atoms with van der Waals surface area (Å²) >= 11 is 9.25. The first-order valence-corrected chi connectivity index (χ1v) is 7.09. The quantitative estimate of drug-likeness (QED) is 0.780. The molecular formula is C15H14BrClFN. The van der Waals surface area contributed by atoms with Gasteiger partial charge in [0.1, 0.15) is 5.82 Å². The Bertz CT molecular complexity index is 613. The topological polar surface area (TPSA) is 12.0 Å². The number of benzene rings is 2. The number of rotatable bonds is 3. The minimum atomic E-state index is -0.268. The number of nitrogens with one attached hydrogen (secondary N) is 1. The third-order valence-corrected chi connectivity index (χ3v) is 4.00. The number of halogens is 3. The summed E-state index contributed by atoms with van der Waals surface area (Å²) in [4.78, 5) is 0. The summed E-state index contributed by atoms with van der Waals surface area (Å²) in [6, 6.07) is 9.18. The Morgan fingerprint density at radius 2 is 1.89 bits per heavy atom. The van der Waals surface area contributed by atoms with E-state index in [1.165, 1.54) is 6.07 Å². The van der Waals surface area contributed by atoms with Gasteiger partial charge in [0.05, 0.1) is 4.47 Å². The monoisotopic (exact) mass is 341 g/mol. The van der Waals surface area contributed by atoms with E-state index in [1.807, 2.05) is 32.0 Å². The highest BCUT2D eigenvalue weighted by Crippen LogP contribution is 2.25. The van der Waals surface area contributed by atoms with Gasteiger partial charge in [0.15, 0.2) is 0 Å². The fourth-order valence-electron chi connectivity index (χ4n) is 1.78. The van der Waals surface area contributed by atoms with E-state index in [0.29, 0.717) is 11.0 Å². The predicted molar refractivity (Wildman–Crippen MR) is 82.4 cm³/mol. The molecule has 0 radical (unpaired) electrons. The van der Waals surface area contributed by atoms with Gasteiger partial charge in [-0.05, 0) is 64.7 Å². The van der Waals surface area contributed by atoms with Crippen molar-refractivity contribution in [2.24, 2.45) is 0 Å². The molecule has 100 valence electrons. The van der Waals surface area contributed by atoms with Crippen molar-refractivity contribution in [1.29, 1.82) is 0 Å². The molecule has 0 aromatic heterocycles. The molecule has 0 aliphatic rings. The highest BCUT2D eigenvalue weighted by atomic mass is 79.9. The Balaban J connectivity index is 2.14. The minimum Gasteiger partial charge on any atom is -0.381 e. The maximum atomic E-state index is 13.5. The van der Waals surface area contributed by atoms with E-state index in [9.17, 15) is 4.39 Å². The Kier molecular flexibility index (Phi) is 4.48. The Hall–Kier alpha value is -1.06. The zero-order valence-electron chi connectivity index (χ0n) is 10.7. The Labute approximate surface area is 125 Å². The van der Waals surface area contributed by atoms with Crippen LogP contribution < -0.4 is 5.32 Å². The van der Waals surface area contributed by atoms with Crippen LogP contribution in [0.5, 0.6) is 0 Å². The first-order valence-electron chi connectivity index (χ1n) is 5.92. The second-order valence-corrected chi connectivity index (χ2v) is 5.78. The lowest BCUT2D eigenvalue weighted by atomic mass is 10.1. The van der Waals surface area contributed by atoms with Crippen LogP contribution in [-0.4, -0.2) is 0 Å². The van der Waals surface area contributed by atoms with Crippen molar-refractivity contribution >= 4 is 33.2 Å². The molecule has 0 saturated carbocycles. The van der Waals surface area contributed by atoms with Gasteiger partial charge in [-0.2, -0.15) is 0 Å². The summed E-state index contributed by atoms with van der Waals surface area (Å²) in [6.07, 6.45) is 0. The van der Waals surface area contributed by atoms with Crippen molar-refractivity contribution in [2.45, 2.75) is 20.4 Å². The van der Waals surface area contributed by atoms with Crippen LogP contribution in [0, 0.1) is 19.7 Å². The van der Waals surface area contributed by atoms with Crippen LogP contribution in [0.15, 0.2) is 34.8 Å². The van der Waals surface area contributed by atoms with E-state index in [1.54, 1.807) is 6.07 Å². The number of hydrogen-bond acceptors (Lipinski definition) is 1. The molecule has 0 unspecified atom stereocenters. The summed E-state index contributed by atoms with van der Waals surface area (Å²) in [5.41, 5.74) is 3.90. The largest absolute Gasteiger partial charge is 0.381 e. The first-order chi connectivity index (χ1) is 8.97. The second-order valence-electron chi connectivity index (χ2n) is 4.52. The van der Waals surface area contributed by atoms with Crippen LogP contribution in [0.1, 0.15) is 16.7 Å². The fraction of sp³-hybridized carbons (Fsp3) is 0.200. The van der Waals surface area contributed by atoms with E-state index in [-0.39, 0.29) is 5.82 Å². The van der Waals surface area contributed by atoms with E-state index in [4.69, 9.17) is 11.6 Å². The summed E-state index contributed by atoms with van der Waals surface area (Å²) in [7, 11) is 0. The molecule has 0 atom stereocenters. The summed E-state index contributed by atoms with van der Waals surface area (Å²) in [5.74, 6) is -0.268. The standard InChI is InChI=1S/C15H14BrClFN/c1-9-3-4-11(6-13(9)17)8-19-15-7-14(18)12(16)5-10(15)2/h3-7,19H,8H2,1-2H3. The number of anilines is 1. The molecule has 2 rings (SSSR count). The van der Waals surface area contributed by atoms with Crippen molar-refractivity contribution in [3.8, 4) is 0 Å². The van der Waals surface area contributed by atoms with Gasteiger partial charge in [-0.3, -0.25) is 0 Å². The zero-order valence-corrected chi connectivity index (χ0v) is 13.1. The molecule has 0 spiro atoms. The molecule has 4 heteroatoms. The fourth-order valence-corrected chi connectivity index (χ4v) is 2.44. The van der Waals surface area contributed by atoms with Gasteiger partial charge in [-0.1, -0.05) is 23.7 Å². The number of hydrogen-bond donors (Lipinski definition) is 1. The van der Waals surface area contributed by atoms with Crippen molar-refractivity contribution in [1.82, 2.24) is 0 Å². The molecule has 0 bridgehead atoms. The van der Waals surface area contributed by atoms with E-state index in [0.717, 1.165) is 27.4 Å². The van der Waals surface area contributed by atoms with Gasteiger partial charge < -0.3 is 5.32 Å². The molecule has 0 aliphatic heterocycles.